The molecule has 5 nitrogen and oxygen atoms in total. The van der Waals surface area contributed by atoms with Crippen molar-refractivity contribution in [3.8, 4) is 0 Å². The zero-order valence-electron chi connectivity index (χ0n) is 10.4. The second-order valence-electron chi connectivity index (χ2n) is 4.32. The third-order valence-corrected chi connectivity index (χ3v) is 3.03. The number of nitrogens with zero attached hydrogens (tertiary/aromatic N) is 3. The maximum Gasteiger partial charge on any atom is 0.219 e. The van der Waals surface area contributed by atoms with Gasteiger partial charge in [0.2, 0.25) is 11.8 Å². The highest BCUT2D eigenvalue weighted by atomic mass is 16.2. The van der Waals surface area contributed by atoms with E-state index in [1.54, 1.807) is 23.6 Å². The smallest absolute Gasteiger partial charge is 0.219 e. The molecule has 1 aliphatic rings. The van der Waals surface area contributed by atoms with Crippen LogP contribution in [0.25, 0.3) is 0 Å². The molecular formula is C14H33N3O2. The number of hydrogen-bond donors (Lipinski definition) is 0. The lowest BCUT2D eigenvalue weighted by molar-refractivity contribution is -0.132. The van der Waals surface area contributed by atoms with Crippen LogP contribution in [0.4, 0.5) is 0 Å². The van der Waals surface area contributed by atoms with Crippen LogP contribution in [0.3, 0.4) is 0 Å². The van der Waals surface area contributed by atoms with Crippen LogP contribution < -0.4 is 0 Å². The summed E-state index contributed by atoms with van der Waals surface area (Å²) in [5, 5.41) is 0. The van der Waals surface area contributed by atoms with Gasteiger partial charge in [-0.15, -0.1) is 0 Å². The van der Waals surface area contributed by atoms with Crippen LogP contribution in [0.1, 0.15) is 36.1 Å². The lowest BCUT2D eigenvalue weighted by atomic mass is 10.4. The summed E-state index contributed by atoms with van der Waals surface area (Å²) < 4.78 is 0. The van der Waals surface area contributed by atoms with Gasteiger partial charge in [-0.3, -0.25) is 9.59 Å². The molecule has 0 unspecified atom stereocenters. The van der Waals surface area contributed by atoms with Crippen molar-refractivity contribution < 1.29 is 9.59 Å². The van der Waals surface area contributed by atoms with E-state index in [-0.39, 0.29) is 34.1 Å². The number of likely N-dealkylation sites (N-methyl/N-ethyl adjacent to an activating group) is 1. The average Bonchev–Trinajstić information content (AvgIpc) is 2.28. The van der Waals surface area contributed by atoms with Crippen molar-refractivity contribution in [3.63, 3.8) is 0 Å². The summed E-state index contributed by atoms with van der Waals surface area (Å²) in [6, 6.07) is 0. The van der Waals surface area contributed by atoms with Crippen molar-refractivity contribution >= 4 is 11.8 Å². The first-order valence-corrected chi connectivity index (χ1v) is 5.70. The van der Waals surface area contributed by atoms with Crippen LogP contribution in [0.2, 0.25) is 0 Å². The molecule has 0 bridgehead atoms. The van der Waals surface area contributed by atoms with Gasteiger partial charge in [0.15, 0.2) is 0 Å². The molecule has 1 saturated heterocycles. The summed E-state index contributed by atoms with van der Waals surface area (Å²) in [6.45, 7) is 7.67. The quantitative estimate of drug-likeness (QED) is 0.673. The van der Waals surface area contributed by atoms with Crippen molar-refractivity contribution in [2.45, 2.75) is 36.1 Å². The molecule has 2 amide bonds. The van der Waals surface area contributed by atoms with Crippen molar-refractivity contribution in [2.75, 3.05) is 46.3 Å². The minimum Gasteiger partial charge on any atom is -0.340 e. The van der Waals surface area contributed by atoms with Crippen molar-refractivity contribution in [1.29, 1.82) is 0 Å². The highest BCUT2D eigenvalue weighted by molar-refractivity contribution is 5.74. The van der Waals surface area contributed by atoms with E-state index in [1.807, 2.05) is 7.05 Å². The number of rotatable bonds is 0. The Balaban J connectivity index is -0.000000853. The topological polar surface area (TPSA) is 43.9 Å². The molecule has 1 rings (SSSR count). The minimum atomic E-state index is 0. The predicted molar refractivity (Wildman–Crippen MR) is 82.2 cm³/mol. The molecule has 0 radical (unpaired) electrons. The van der Waals surface area contributed by atoms with E-state index in [9.17, 15) is 9.59 Å². The fraction of sp³-hybridized carbons (Fsp3) is 0.857. The molecule has 1 heterocycles. The summed E-state index contributed by atoms with van der Waals surface area (Å²) in [5.41, 5.74) is 0. The number of carbonyl (C=O) groups is 2. The van der Waals surface area contributed by atoms with E-state index in [0.717, 1.165) is 26.2 Å². The largest absolute Gasteiger partial charge is 0.340 e. The second-order valence-corrected chi connectivity index (χ2v) is 4.32. The van der Waals surface area contributed by atoms with Crippen LogP contribution in [0.15, 0.2) is 0 Å². The SMILES string of the molecule is C.C.C.CC(=O)N1CCN(C)CCN(C(C)=O)CC1. The average molecular weight is 275 g/mol. The summed E-state index contributed by atoms with van der Waals surface area (Å²) in [7, 11) is 2.02. The van der Waals surface area contributed by atoms with Gasteiger partial charge in [0, 0.05) is 53.1 Å². The molecule has 0 saturated carbocycles. The van der Waals surface area contributed by atoms with E-state index in [0.29, 0.717) is 13.1 Å². The Morgan fingerprint density at radius 2 is 0.947 bits per heavy atom. The first kappa shape index (κ1) is 23.0. The Labute approximate surface area is 119 Å². The Hall–Kier alpha value is -1.10. The summed E-state index contributed by atoms with van der Waals surface area (Å²) in [5.74, 6) is 0.164. The molecule has 0 N–H and O–H groups in total. The van der Waals surface area contributed by atoms with Crippen molar-refractivity contribution in [3.05, 3.63) is 0 Å². The number of hydrogen-bond acceptors (Lipinski definition) is 3. The number of carbonyl (C=O) groups excluding carboxylic acids is 2. The summed E-state index contributed by atoms with van der Waals surface area (Å²) >= 11 is 0. The van der Waals surface area contributed by atoms with E-state index in [2.05, 4.69) is 4.90 Å². The lowest BCUT2D eigenvalue weighted by Crippen LogP contribution is -2.40. The van der Waals surface area contributed by atoms with Crippen LogP contribution in [0.5, 0.6) is 0 Å². The highest BCUT2D eigenvalue weighted by Gasteiger charge is 2.16. The molecule has 1 aliphatic heterocycles. The molecule has 5 heteroatoms. The van der Waals surface area contributed by atoms with Gasteiger partial charge < -0.3 is 14.7 Å². The van der Waals surface area contributed by atoms with Gasteiger partial charge in [-0.05, 0) is 7.05 Å². The Morgan fingerprint density at radius 1 is 0.684 bits per heavy atom. The van der Waals surface area contributed by atoms with Crippen LogP contribution in [0, 0.1) is 0 Å². The monoisotopic (exact) mass is 275 g/mol. The number of amides is 2. The molecule has 0 spiro atoms. The molecule has 0 aromatic rings. The maximum absolute atomic E-state index is 11.4. The first-order chi connectivity index (χ1) is 7.50. The van der Waals surface area contributed by atoms with Gasteiger partial charge in [-0.25, -0.2) is 0 Å². The maximum atomic E-state index is 11.4. The van der Waals surface area contributed by atoms with E-state index in [4.69, 9.17) is 0 Å². The van der Waals surface area contributed by atoms with E-state index >= 15 is 0 Å². The van der Waals surface area contributed by atoms with Gasteiger partial charge in [0.25, 0.3) is 0 Å². The molecule has 0 aromatic carbocycles. The molecule has 0 atom stereocenters. The van der Waals surface area contributed by atoms with Crippen molar-refractivity contribution in [2.24, 2.45) is 0 Å². The van der Waals surface area contributed by atoms with Gasteiger partial charge in [0.05, 0.1) is 0 Å². The third-order valence-electron chi connectivity index (χ3n) is 3.03. The fourth-order valence-corrected chi connectivity index (χ4v) is 1.79. The van der Waals surface area contributed by atoms with Crippen LogP contribution in [-0.4, -0.2) is 72.8 Å². The Bertz CT molecular complexity index is 243. The molecule has 0 aromatic heterocycles. The fourth-order valence-electron chi connectivity index (χ4n) is 1.79. The minimum absolute atomic E-state index is 0. The predicted octanol–water partition coefficient (Wildman–Crippen LogP) is 1.54. The normalized spacial score (nSPS) is 16.8. The van der Waals surface area contributed by atoms with Crippen LogP contribution in [-0.2, 0) is 9.59 Å². The Morgan fingerprint density at radius 3 is 1.21 bits per heavy atom. The first-order valence-electron chi connectivity index (χ1n) is 5.70. The Kier molecular flexibility index (Phi) is 13.1. The van der Waals surface area contributed by atoms with E-state index in [1.165, 1.54) is 0 Å². The summed E-state index contributed by atoms with van der Waals surface area (Å²) in [6.07, 6.45) is 0. The van der Waals surface area contributed by atoms with Crippen LogP contribution >= 0.6 is 0 Å². The van der Waals surface area contributed by atoms with Gasteiger partial charge in [0.1, 0.15) is 0 Å². The zero-order valence-corrected chi connectivity index (χ0v) is 10.4. The lowest BCUT2D eigenvalue weighted by Gasteiger charge is -2.24. The molecule has 19 heavy (non-hydrogen) atoms. The standard InChI is InChI=1S/C11H21N3O2.3CH4/c1-10(15)13-6-4-12(3)5-7-14(9-8-13)11(2)16;;;/h4-9H2,1-3H3;3*1H4. The van der Waals surface area contributed by atoms with Gasteiger partial charge >= 0.3 is 0 Å². The summed E-state index contributed by atoms with van der Waals surface area (Å²) in [4.78, 5) is 28.5. The zero-order chi connectivity index (χ0) is 12.1. The van der Waals surface area contributed by atoms with Gasteiger partial charge in [-0.2, -0.15) is 0 Å². The molecule has 1 fully saturated rings. The highest BCUT2D eigenvalue weighted by Crippen LogP contribution is 1.99. The van der Waals surface area contributed by atoms with Gasteiger partial charge in [-0.1, -0.05) is 22.3 Å². The second kappa shape index (κ2) is 10.8. The molecular weight excluding hydrogens is 242 g/mol. The van der Waals surface area contributed by atoms with Crippen molar-refractivity contribution in [1.82, 2.24) is 14.7 Å². The molecule has 0 aliphatic carbocycles. The molecule has 116 valence electrons. The van der Waals surface area contributed by atoms with E-state index < -0.39 is 0 Å². The third kappa shape index (κ3) is 7.82.